The number of anilines is 1. The van der Waals surface area contributed by atoms with Crippen molar-refractivity contribution >= 4 is 18.4 Å². The highest BCUT2D eigenvalue weighted by molar-refractivity contribution is 5.58. The van der Waals surface area contributed by atoms with Crippen molar-refractivity contribution in [1.29, 1.82) is 0 Å². The number of quaternary nitrogens is 1. The zero-order valence-corrected chi connectivity index (χ0v) is 15.2. The number of ether oxygens (including phenoxy) is 1. The number of fused-ring (bicyclic) bond motifs is 1. The first-order valence-corrected chi connectivity index (χ1v) is 8.73. The smallest absolute Gasteiger partial charge is 0.306 e. The monoisotopic (exact) mass is 333 g/mol. The first-order valence-electron chi connectivity index (χ1n) is 8.73. The van der Waals surface area contributed by atoms with Gasteiger partial charge in [0.05, 0.1) is 7.05 Å². The molecule has 0 radical (unpaired) electrons. The van der Waals surface area contributed by atoms with Crippen LogP contribution in [0, 0.1) is 0 Å². The summed E-state index contributed by atoms with van der Waals surface area (Å²) in [5.41, 5.74) is 2.92. The van der Waals surface area contributed by atoms with Crippen LogP contribution < -0.4 is 5.32 Å². The third kappa shape index (κ3) is 4.39. The lowest BCUT2D eigenvalue weighted by atomic mass is 10.1. The van der Waals surface area contributed by atoms with Gasteiger partial charge < -0.3 is 10.1 Å². The molecule has 0 aromatic carbocycles. The van der Waals surface area contributed by atoms with Crippen LogP contribution in [-0.4, -0.2) is 47.2 Å². The Labute approximate surface area is 144 Å². The molecular formula is C18H29N4O2+. The summed E-state index contributed by atoms with van der Waals surface area (Å²) in [6, 6.07) is 0.365. The number of hydrogen-bond acceptors (Lipinski definition) is 5. The Kier molecular flexibility index (Phi) is 6.45. The van der Waals surface area contributed by atoms with Crippen molar-refractivity contribution in [2.24, 2.45) is 0 Å². The summed E-state index contributed by atoms with van der Waals surface area (Å²) in [7, 11) is 1.90. The van der Waals surface area contributed by atoms with Gasteiger partial charge in [0.25, 0.3) is 0 Å². The molecule has 1 fully saturated rings. The number of aromatic nitrogens is 2. The molecule has 1 saturated heterocycles. The fourth-order valence-electron chi connectivity index (χ4n) is 2.70. The number of allylic oxidation sites excluding steroid dienone is 1. The van der Waals surface area contributed by atoms with Gasteiger partial charge in [0, 0.05) is 44.0 Å². The summed E-state index contributed by atoms with van der Waals surface area (Å²) in [5, 5.41) is 3.37. The van der Waals surface area contributed by atoms with Crippen LogP contribution in [0.15, 0.2) is 11.9 Å². The fraction of sp³-hybridized carbons (Fsp3) is 0.611. The quantitative estimate of drug-likeness (QED) is 0.680. The van der Waals surface area contributed by atoms with E-state index in [1.807, 2.05) is 26.2 Å². The number of carbonyl (C=O) groups is 1. The van der Waals surface area contributed by atoms with Gasteiger partial charge in [-0.2, -0.15) is 0 Å². The summed E-state index contributed by atoms with van der Waals surface area (Å²) in [4.78, 5) is 20.4. The van der Waals surface area contributed by atoms with E-state index >= 15 is 0 Å². The highest BCUT2D eigenvalue weighted by atomic mass is 16.5. The number of hydrogen-bond donors (Lipinski definition) is 1. The maximum Gasteiger partial charge on any atom is 0.306 e. The Morgan fingerprint density at radius 1 is 1.38 bits per heavy atom. The van der Waals surface area contributed by atoms with Crippen LogP contribution in [0.5, 0.6) is 0 Å². The first kappa shape index (κ1) is 18.5. The molecule has 6 heteroatoms. The molecule has 3 heterocycles. The van der Waals surface area contributed by atoms with E-state index in [2.05, 4.69) is 29.1 Å². The molecule has 1 amide bonds. The molecule has 1 aromatic heterocycles. The maximum absolute atomic E-state index is 11.4. The van der Waals surface area contributed by atoms with Gasteiger partial charge in [-0.05, 0) is 12.8 Å². The largest absolute Gasteiger partial charge is 0.381 e. The van der Waals surface area contributed by atoms with Crippen molar-refractivity contribution in [3.05, 3.63) is 23.2 Å². The number of nitrogens with one attached hydrogen (secondary N) is 1. The van der Waals surface area contributed by atoms with Crippen LogP contribution in [-0.2, 0) is 16.1 Å². The Hall–Kier alpha value is -1.79. The first-order chi connectivity index (χ1) is 11.5. The molecule has 3 rings (SSSR count). The lowest BCUT2D eigenvalue weighted by molar-refractivity contribution is -0.800. The summed E-state index contributed by atoms with van der Waals surface area (Å²) < 4.78 is 5.60. The van der Waals surface area contributed by atoms with Gasteiger partial charge in [0.1, 0.15) is 17.9 Å². The highest BCUT2D eigenvalue weighted by Gasteiger charge is 2.31. The van der Waals surface area contributed by atoms with Gasteiger partial charge in [0.15, 0.2) is 0 Å². The summed E-state index contributed by atoms with van der Waals surface area (Å²) in [6.45, 7) is 8.35. The topological polar surface area (TPSA) is 64.1 Å². The van der Waals surface area contributed by atoms with E-state index in [1.54, 1.807) is 0 Å². The Morgan fingerprint density at radius 2 is 2.04 bits per heavy atom. The minimum Gasteiger partial charge on any atom is -0.381 e. The maximum atomic E-state index is 11.4. The Morgan fingerprint density at radius 3 is 2.67 bits per heavy atom. The van der Waals surface area contributed by atoms with Crippen LogP contribution in [0.25, 0.3) is 6.08 Å². The van der Waals surface area contributed by atoms with Gasteiger partial charge in [-0.25, -0.2) is 19.2 Å². The highest BCUT2D eigenvalue weighted by Crippen LogP contribution is 2.27. The molecule has 1 aromatic rings. The summed E-state index contributed by atoms with van der Waals surface area (Å²) in [6.07, 6.45) is 7.98. The molecule has 1 unspecified atom stereocenters. The Bertz CT molecular complexity index is 597. The van der Waals surface area contributed by atoms with Crippen molar-refractivity contribution in [1.82, 2.24) is 9.97 Å². The molecule has 0 saturated carbocycles. The third-order valence-corrected chi connectivity index (χ3v) is 4.34. The zero-order chi connectivity index (χ0) is 17.6. The van der Waals surface area contributed by atoms with Crippen molar-refractivity contribution in [2.75, 3.05) is 25.6 Å². The second kappa shape index (κ2) is 8.35. The molecule has 0 aliphatic carbocycles. The predicted octanol–water partition coefficient (Wildman–Crippen LogP) is 2.96. The molecule has 24 heavy (non-hydrogen) atoms. The van der Waals surface area contributed by atoms with E-state index in [9.17, 15) is 4.79 Å². The Balaban J connectivity index is 0.000000647. The van der Waals surface area contributed by atoms with E-state index in [4.69, 9.17) is 4.74 Å². The van der Waals surface area contributed by atoms with Crippen LogP contribution in [0.3, 0.4) is 0 Å². The normalized spacial score (nSPS) is 23.4. The average molecular weight is 333 g/mol. The van der Waals surface area contributed by atoms with Gasteiger partial charge in [-0.1, -0.05) is 20.3 Å². The second-order valence-corrected chi connectivity index (χ2v) is 6.65. The van der Waals surface area contributed by atoms with Crippen molar-refractivity contribution < 1.29 is 14.0 Å². The number of carbonyl (C=O) groups excluding carboxylic acids is 1. The molecule has 2 aliphatic heterocycles. The van der Waals surface area contributed by atoms with Crippen LogP contribution >= 0.6 is 0 Å². The lowest BCUT2D eigenvalue weighted by Gasteiger charge is -2.31. The number of amides is 1. The minimum atomic E-state index is 0.251. The fourth-order valence-corrected chi connectivity index (χ4v) is 2.70. The summed E-state index contributed by atoms with van der Waals surface area (Å²) >= 11 is 0. The second-order valence-electron chi connectivity index (χ2n) is 6.65. The van der Waals surface area contributed by atoms with Gasteiger partial charge in [0.2, 0.25) is 5.95 Å². The molecule has 1 N–H and O–H groups in total. The molecule has 132 valence electrons. The molecular weight excluding hydrogens is 304 g/mol. The molecule has 1 atom stereocenters. The van der Waals surface area contributed by atoms with Crippen molar-refractivity contribution in [3.63, 3.8) is 0 Å². The molecule has 0 bridgehead atoms. The van der Waals surface area contributed by atoms with Crippen molar-refractivity contribution in [2.45, 2.75) is 52.6 Å². The van der Waals surface area contributed by atoms with Crippen LogP contribution in [0.4, 0.5) is 5.95 Å². The van der Waals surface area contributed by atoms with E-state index in [1.165, 1.54) is 6.42 Å². The van der Waals surface area contributed by atoms with Crippen LogP contribution in [0.2, 0.25) is 0 Å². The van der Waals surface area contributed by atoms with E-state index in [0.717, 1.165) is 49.4 Å². The van der Waals surface area contributed by atoms with E-state index in [-0.39, 0.29) is 4.48 Å². The molecule has 6 nitrogen and oxygen atoms in total. The summed E-state index contributed by atoms with van der Waals surface area (Å²) in [5.74, 6) is 0.644. The van der Waals surface area contributed by atoms with E-state index in [0.29, 0.717) is 18.5 Å². The molecule has 2 aliphatic rings. The van der Waals surface area contributed by atoms with Gasteiger partial charge in [-0.15, -0.1) is 0 Å². The van der Waals surface area contributed by atoms with Crippen LogP contribution in [0.1, 0.15) is 51.3 Å². The van der Waals surface area contributed by atoms with E-state index < -0.39 is 0 Å². The lowest BCUT2D eigenvalue weighted by Crippen LogP contribution is -2.42. The minimum absolute atomic E-state index is 0.251. The number of rotatable bonds is 3. The van der Waals surface area contributed by atoms with Gasteiger partial charge >= 0.3 is 6.41 Å². The zero-order valence-electron chi connectivity index (χ0n) is 15.2. The van der Waals surface area contributed by atoms with Gasteiger partial charge in [-0.3, -0.25) is 0 Å². The average Bonchev–Trinajstić information content (AvgIpc) is 2.58. The predicted molar refractivity (Wildman–Crippen MR) is 95.1 cm³/mol. The standard InChI is InChI=1S/C15H21N4O2.C3H8/c1-11-7-12-8-16-15(17-13-3-5-21-6-4-13)18-14(12)9-19(11,2)10-20;1-3-2/h7-8,10,13H,3-6,9H2,1-2H3,(H,16,17,18);3H2,1-2H3/q+1;. The SMILES string of the molecule is CC1=Cc2cnc(NC3CCOCC3)nc2C[N+]1(C)C=O.CCC. The molecule has 0 spiro atoms. The third-order valence-electron chi connectivity index (χ3n) is 4.34. The number of nitrogens with zero attached hydrogens (tertiary/aromatic N) is 3. The van der Waals surface area contributed by atoms with Crippen molar-refractivity contribution in [3.8, 4) is 0 Å².